The number of amides is 1. The van der Waals surface area contributed by atoms with Gasteiger partial charge in [-0.15, -0.1) is 12.4 Å². The number of hydrogen-bond donors (Lipinski definition) is 2. The molecule has 2 rings (SSSR count). The first-order chi connectivity index (χ1) is 10.1. The van der Waals surface area contributed by atoms with Crippen LogP contribution in [0.4, 0.5) is 0 Å². The monoisotopic (exact) mass is 328 g/mol. The highest BCUT2D eigenvalue weighted by Gasteiger charge is 2.31. The number of rotatable bonds is 6. The van der Waals surface area contributed by atoms with Crippen molar-refractivity contribution in [3.8, 4) is 5.75 Å². The standard InChI is InChI=1S/C15H20N2O4.ClH/c1-21-12-6-4-11(5-7-12)9-16-14(18)10-17-8-2-3-13(17)15(19)20;/h4-7,13H,2-3,8-10H2,1H3,(H,16,18)(H,19,20);1H/t13-;/m0./s1. The molecule has 0 bridgehead atoms. The van der Waals surface area contributed by atoms with Crippen molar-refractivity contribution in [2.45, 2.75) is 25.4 Å². The molecule has 1 aliphatic rings. The zero-order valence-electron chi connectivity index (χ0n) is 12.4. The fourth-order valence-electron chi connectivity index (χ4n) is 2.48. The number of nitrogens with zero attached hydrogens (tertiary/aromatic N) is 1. The first-order valence-corrected chi connectivity index (χ1v) is 6.96. The van der Waals surface area contributed by atoms with Gasteiger partial charge in [-0.1, -0.05) is 12.1 Å². The molecule has 1 fully saturated rings. The van der Waals surface area contributed by atoms with Crippen LogP contribution in [0.5, 0.6) is 5.75 Å². The molecule has 1 aromatic rings. The number of likely N-dealkylation sites (tertiary alicyclic amines) is 1. The van der Waals surface area contributed by atoms with Crippen LogP contribution in [-0.4, -0.2) is 48.1 Å². The lowest BCUT2D eigenvalue weighted by Crippen LogP contribution is -2.42. The van der Waals surface area contributed by atoms with Gasteiger partial charge in [0.15, 0.2) is 0 Å². The van der Waals surface area contributed by atoms with Gasteiger partial charge in [0.2, 0.25) is 5.91 Å². The predicted octanol–water partition coefficient (Wildman–Crippen LogP) is 1.28. The summed E-state index contributed by atoms with van der Waals surface area (Å²) in [4.78, 5) is 24.7. The minimum atomic E-state index is -0.851. The molecule has 0 radical (unpaired) electrons. The molecule has 7 heteroatoms. The van der Waals surface area contributed by atoms with Crippen molar-refractivity contribution < 1.29 is 19.4 Å². The Morgan fingerprint density at radius 1 is 1.36 bits per heavy atom. The van der Waals surface area contributed by atoms with Crippen LogP contribution < -0.4 is 10.1 Å². The number of ether oxygens (including phenoxy) is 1. The molecule has 0 aliphatic carbocycles. The summed E-state index contributed by atoms with van der Waals surface area (Å²) < 4.78 is 5.07. The summed E-state index contributed by atoms with van der Waals surface area (Å²) in [6.45, 7) is 1.22. The normalized spacial score (nSPS) is 17.6. The molecule has 2 N–H and O–H groups in total. The van der Waals surface area contributed by atoms with E-state index < -0.39 is 12.0 Å². The fraction of sp³-hybridized carbons (Fsp3) is 0.467. The lowest BCUT2D eigenvalue weighted by molar-refractivity contribution is -0.142. The summed E-state index contributed by atoms with van der Waals surface area (Å²) in [6, 6.07) is 6.91. The van der Waals surface area contributed by atoms with Crippen LogP contribution >= 0.6 is 12.4 Å². The number of carboxylic acids is 1. The molecule has 1 atom stereocenters. The zero-order valence-corrected chi connectivity index (χ0v) is 13.3. The average Bonchev–Trinajstić information content (AvgIpc) is 2.94. The predicted molar refractivity (Wildman–Crippen MR) is 84.3 cm³/mol. The summed E-state index contributed by atoms with van der Waals surface area (Å²) in [5.41, 5.74) is 0.973. The minimum Gasteiger partial charge on any atom is -0.497 e. The fourth-order valence-corrected chi connectivity index (χ4v) is 2.48. The number of hydrogen-bond acceptors (Lipinski definition) is 4. The Balaban J connectivity index is 0.00000242. The molecular formula is C15H21ClN2O4. The molecule has 0 unspecified atom stereocenters. The number of carboxylic acid groups (broad SMARTS) is 1. The zero-order chi connectivity index (χ0) is 15.2. The van der Waals surface area contributed by atoms with E-state index in [1.54, 1.807) is 12.0 Å². The van der Waals surface area contributed by atoms with E-state index in [1.807, 2.05) is 24.3 Å². The van der Waals surface area contributed by atoms with Crippen LogP contribution in [0, 0.1) is 0 Å². The summed E-state index contributed by atoms with van der Waals surface area (Å²) in [6.07, 6.45) is 1.43. The van der Waals surface area contributed by atoms with Crippen molar-refractivity contribution >= 4 is 24.3 Å². The molecule has 6 nitrogen and oxygen atoms in total. The molecular weight excluding hydrogens is 308 g/mol. The van der Waals surface area contributed by atoms with E-state index >= 15 is 0 Å². The molecule has 0 spiro atoms. The van der Waals surface area contributed by atoms with E-state index in [4.69, 9.17) is 9.84 Å². The van der Waals surface area contributed by atoms with E-state index in [9.17, 15) is 9.59 Å². The lowest BCUT2D eigenvalue weighted by Gasteiger charge is -2.20. The van der Waals surface area contributed by atoms with Crippen molar-refractivity contribution in [2.24, 2.45) is 0 Å². The van der Waals surface area contributed by atoms with Gasteiger partial charge in [-0.25, -0.2) is 0 Å². The van der Waals surface area contributed by atoms with Crippen molar-refractivity contribution in [3.63, 3.8) is 0 Å². The van der Waals surface area contributed by atoms with Gasteiger partial charge in [0.25, 0.3) is 0 Å². The largest absolute Gasteiger partial charge is 0.497 e. The average molecular weight is 329 g/mol. The maximum absolute atomic E-state index is 11.9. The van der Waals surface area contributed by atoms with Crippen molar-refractivity contribution in [1.82, 2.24) is 10.2 Å². The molecule has 0 aromatic heterocycles. The van der Waals surface area contributed by atoms with Crippen LogP contribution in [0.2, 0.25) is 0 Å². The molecule has 22 heavy (non-hydrogen) atoms. The van der Waals surface area contributed by atoms with Crippen molar-refractivity contribution in [1.29, 1.82) is 0 Å². The van der Waals surface area contributed by atoms with Crippen LogP contribution in [-0.2, 0) is 16.1 Å². The lowest BCUT2D eigenvalue weighted by atomic mass is 10.2. The molecule has 1 aromatic carbocycles. The van der Waals surface area contributed by atoms with Gasteiger partial charge in [-0.2, -0.15) is 0 Å². The molecule has 0 saturated carbocycles. The van der Waals surface area contributed by atoms with E-state index in [1.165, 1.54) is 0 Å². The first-order valence-electron chi connectivity index (χ1n) is 6.96. The summed E-state index contributed by atoms with van der Waals surface area (Å²) >= 11 is 0. The highest BCUT2D eigenvalue weighted by molar-refractivity contribution is 5.85. The number of methoxy groups -OCH3 is 1. The third-order valence-corrected chi connectivity index (χ3v) is 3.64. The maximum Gasteiger partial charge on any atom is 0.320 e. The summed E-state index contributed by atoms with van der Waals surface area (Å²) in [5.74, 6) is -0.235. The quantitative estimate of drug-likeness (QED) is 0.822. The number of aliphatic carboxylic acids is 1. The van der Waals surface area contributed by atoms with E-state index in [0.29, 0.717) is 19.5 Å². The van der Waals surface area contributed by atoms with Gasteiger partial charge >= 0.3 is 5.97 Å². The second kappa shape index (κ2) is 8.60. The molecule has 1 heterocycles. The first kappa shape index (κ1) is 18.3. The van der Waals surface area contributed by atoms with Crippen molar-refractivity contribution in [2.75, 3.05) is 20.2 Å². The minimum absolute atomic E-state index is 0. The van der Waals surface area contributed by atoms with Gasteiger partial charge in [-0.05, 0) is 37.1 Å². The smallest absolute Gasteiger partial charge is 0.320 e. The van der Waals surface area contributed by atoms with E-state index in [0.717, 1.165) is 17.7 Å². The van der Waals surface area contributed by atoms with Crippen LogP contribution in [0.3, 0.4) is 0 Å². The van der Waals surface area contributed by atoms with Crippen molar-refractivity contribution in [3.05, 3.63) is 29.8 Å². The Kier molecular flexibility index (Phi) is 7.14. The topological polar surface area (TPSA) is 78.9 Å². The third kappa shape index (κ3) is 4.89. The highest BCUT2D eigenvalue weighted by Crippen LogP contribution is 2.16. The Bertz CT molecular complexity index is 507. The van der Waals surface area contributed by atoms with Crippen LogP contribution in [0.25, 0.3) is 0 Å². The molecule has 1 amide bonds. The molecule has 1 saturated heterocycles. The number of nitrogens with one attached hydrogen (secondary N) is 1. The van der Waals surface area contributed by atoms with Crippen LogP contribution in [0.1, 0.15) is 18.4 Å². The van der Waals surface area contributed by atoms with E-state index in [2.05, 4.69) is 5.32 Å². The Morgan fingerprint density at radius 3 is 2.64 bits per heavy atom. The third-order valence-electron chi connectivity index (χ3n) is 3.64. The number of carbonyl (C=O) groups is 2. The second-order valence-corrected chi connectivity index (χ2v) is 5.09. The number of carbonyl (C=O) groups excluding carboxylic acids is 1. The maximum atomic E-state index is 11.9. The Hall–Kier alpha value is -1.79. The highest BCUT2D eigenvalue weighted by atomic mass is 35.5. The Labute approximate surface area is 135 Å². The van der Waals surface area contributed by atoms with Gasteiger partial charge in [-0.3, -0.25) is 14.5 Å². The Morgan fingerprint density at radius 2 is 2.05 bits per heavy atom. The van der Waals surface area contributed by atoms with Gasteiger partial charge in [0.1, 0.15) is 11.8 Å². The number of halogens is 1. The van der Waals surface area contributed by atoms with Crippen LogP contribution in [0.15, 0.2) is 24.3 Å². The number of benzene rings is 1. The molecule has 122 valence electrons. The van der Waals surface area contributed by atoms with Gasteiger partial charge in [0, 0.05) is 6.54 Å². The summed E-state index contributed by atoms with van der Waals surface area (Å²) in [7, 11) is 1.60. The SMILES string of the molecule is COc1ccc(CNC(=O)CN2CCC[C@H]2C(=O)O)cc1.Cl. The van der Waals surface area contributed by atoms with E-state index in [-0.39, 0.29) is 24.9 Å². The summed E-state index contributed by atoms with van der Waals surface area (Å²) in [5, 5.41) is 11.9. The van der Waals surface area contributed by atoms with Gasteiger partial charge < -0.3 is 15.2 Å². The molecule has 1 aliphatic heterocycles. The van der Waals surface area contributed by atoms with Gasteiger partial charge in [0.05, 0.1) is 13.7 Å². The second-order valence-electron chi connectivity index (χ2n) is 5.09.